The predicted molar refractivity (Wildman–Crippen MR) is 203 cm³/mol. The molecule has 3 aromatic heterocycles. The average Bonchev–Trinajstić information content (AvgIpc) is 3.16. The van der Waals surface area contributed by atoms with Crippen molar-refractivity contribution in [1.29, 1.82) is 0 Å². The van der Waals surface area contributed by atoms with Crippen LogP contribution in [0.25, 0.3) is 44.1 Å². The molecule has 0 spiro atoms. The second kappa shape index (κ2) is 14.4. The Bertz CT molecular complexity index is 2520. The molecule has 4 heterocycles. The number of benzene rings is 3. The molecule has 0 saturated carbocycles. The maximum absolute atomic E-state index is 12.8. The highest BCUT2D eigenvalue weighted by Crippen LogP contribution is 2.36. The number of fused-ring (bicyclic) bond motifs is 2. The average molecular weight is 688 g/mol. The second-order valence-electron chi connectivity index (χ2n) is 13.2. The molecular weight excluding hydrogens is 651 g/mol. The third kappa shape index (κ3) is 6.96. The molecular formula is C43H37N5O4. The van der Waals surface area contributed by atoms with Gasteiger partial charge in [0.05, 0.1) is 17.8 Å². The van der Waals surface area contributed by atoms with Crippen LogP contribution in [-0.4, -0.2) is 38.8 Å². The lowest BCUT2D eigenvalue weighted by Crippen LogP contribution is -2.41. The molecule has 258 valence electrons. The van der Waals surface area contributed by atoms with E-state index in [0.717, 1.165) is 67.2 Å². The van der Waals surface area contributed by atoms with E-state index in [1.165, 1.54) is 0 Å². The minimum absolute atomic E-state index is 0.00448. The van der Waals surface area contributed by atoms with Crippen LogP contribution in [0.3, 0.4) is 0 Å². The van der Waals surface area contributed by atoms with E-state index in [-0.39, 0.29) is 41.4 Å². The third-order valence-electron chi connectivity index (χ3n) is 9.67. The molecule has 6 aromatic rings. The maximum atomic E-state index is 12.8. The molecule has 1 unspecified atom stereocenters. The van der Waals surface area contributed by atoms with Gasteiger partial charge in [-0.15, -0.1) is 0 Å². The van der Waals surface area contributed by atoms with Gasteiger partial charge in [0.1, 0.15) is 5.69 Å². The summed E-state index contributed by atoms with van der Waals surface area (Å²) >= 11 is 0. The second-order valence-corrected chi connectivity index (χ2v) is 13.2. The number of hydrogen-bond acceptors (Lipinski definition) is 6. The number of pyridine rings is 3. The molecule has 1 saturated heterocycles. The van der Waals surface area contributed by atoms with Gasteiger partial charge in [-0.3, -0.25) is 34.5 Å². The van der Waals surface area contributed by atoms with Crippen LogP contribution in [0.1, 0.15) is 52.5 Å². The lowest BCUT2D eigenvalue weighted by Gasteiger charge is -2.20. The fraction of sp³-hybridized carbons (Fsp3) is 0.209. The van der Waals surface area contributed by atoms with Crippen molar-refractivity contribution in [2.75, 3.05) is 6.54 Å². The van der Waals surface area contributed by atoms with Crippen LogP contribution in [0.4, 0.5) is 0 Å². The normalized spacial score (nSPS) is 14.2. The van der Waals surface area contributed by atoms with E-state index in [2.05, 4.69) is 58.6 Å². The number of nitrogens with one attached hydrogen (secondary N) is 2. The monoisotopic (exact) mass is 687 g/mol. The van der Waals surface area contributed by atoms with Gasteiger partial charge in [-0.1, -0.05) is 55.2 Å². The molecule has 9 heteroatoms. The number of carbonyl (C=O) groups excluding carboxylic acids is 3. The number of aryl methyl sites for hydroxylation is 3. The Balaban J connectivity index is 1.04. The molecule has 0 bridgehead atoms. The van der Waals surface area contributed by atoms with Crippen LogP contribution in [0.2, 0.25) is 0 Å². The standard InChI is InChI=1S/C43H37N5O4/c1-4-27-21-34(35-18-26(2)43(52)48(3)39(35)22-27)33-12-6-11-30-23-38(46-25-36(30)33)32-13-15-37(45-24-32)42(51)44-17-7-10-28-8-5-9-29(19-28)20-31-14-16-40(49)47-41(31)50/h5-6,8-9,11-13,15,18-19,21-25,31H,4,14,16-17,20H2,1-3H3,(H,44,51)(H,47,49,50). The first kappa shape index (κ1) is 34.1. The molecule has 3 amide bonds. The smallest absolute Gasteiger partial charge is 0.270 e. The van der Waals surface area contributed by atoms with Crippen molar-refractivity contribution in [1.82, 2.24) is 25.2 Å². The zero-order valence-corrected chi connectivity index (χ0v) is 29.2. The number of rotatable bonds is 7. The van der Waals surface area contributed by atoms with Crippen molar-refractivity contribution in [2.45, 2.75) is 39.5 Å². The van der Waals surface area contributed by atoms with Gasteiger partial charge >= 0.3 is 0 Å². The number of piperidine rings is 1. The topological polar surface area (TPSA) is 123 Å². The van der Waals surface area contributed by atoms with E-state index in [0.29, 0.717) is 24.8 Å². The van der Waals surface area contributed by atoms with Crippen LogP contribution >= 0.6 is 0 Å². The van der Waals surface area contributed by atoms with Gasteiger partial charge in [0.25, 0.3) is 11.5 Å². The van der Waals surface area contributed by atoms with Crippen molar-refractivity contribution < 1.29 is 14.4 Å². The van der Waals surface area contributed by atoms with Crippen molar-refractivity contribution in [2.24, 2.45) is 13.0 Å². The SMILES string of the molecule is CCc1cc(-c2cccc3cc(-c4ccc(C(=O)NCC#Cc5cccc(CC6CCC(=O)NC6=O)c5)nc4)ncc23)c2cc(C)c(=O)n(C)c2c1. The first-order valence-corrected chi connectivity index (χ1v) is 17.4. The third-order valence-corrected chi connectivity index (χ3v) is 9.67. The molecule has 1 aliphatic rings. The molecule has 7 rings (SSSR count). The maximum Gasteiger partial charge on any atom is 0.270 e. The van der Waals surface area contributed by atoms with Crippen LogP contribution in [0.15, 0.2) is 96.1 Å². The summed E-state index contributed by atoms with van der Waals surface area (Å²) in [5.74, 6) is 5.03. The first-order valence-electron chi connectivity index (χ1n) is 17.4. The van der Waals surface area contributed by atoms with Crippen molar-refractivity contribution in [3.05, 3.63) is 130 Å². The lowest BCUT2D eigenvalue weighted by molar-refractivity contribution is -0.136. The van der Waals surface area contributed by atoms with Crippen molar-refractivity contribution >= 4 is 39.4 Å². The summed E-state index contributed by atoms with van der Waals surface area (Å²) in [6, 6.07) is 25.6. The van der Waals surface area contributed by atoms with E-state index in [9.17, 15) is 19.2 Å². The summed E-state index contributed by atoms with van der Waals surface area (Å²) in [5, 5.41) is 8.24. The molecule has 0 aliphatic carbocycles. The molecule has 1 fully saturated rings. The summed E-state index contributed by atoms with van der Waals surface area (Å²) in [6.07, 6.45) is 5.80. The highest BCUT2D eigenvalue weighted by atomic mass is 16.2. The Morgan fingerprint density at radius 3 is 2.56 bits per heavy atom. The first-order chi connectivity index (χ1) is 25.2. The number of hydrogen-bond donors (Lipinski definition) is 2. The minimum atomic E-state index is -0.335. The Hall–Kier alpha value is -6.40. The molecule has 2 N–H and O–H groups in total. The van der Waals surface area contributed by atoms with Crippen molar-refractivity contribution in [3.8, 4) is 34.2 Å². The van der Waals surface area contributed by atoms with Gasteiger partial charge in [-0.25, -0.2) is 0 Å². The molecule has 1 aliphatic heterocycles. The number of aromatic nitrogens is 3. The number of nitrogens with zero attached hydrogens (tertiary/aromatic N) is 3. The Labute approximate surface area is 301 Å². The van der Waals surface area contributed by atoms with Gasteiger partial charge in [0.2, 0.25) is 11.8 Å². The van der Waals surface area contributed by atoms with Crippen LogP contribution in [0.5, 0.6) is 0 Å². The van der Waals surface area contributed by atoms with E-state index >= 15 is 0 Å². The summed E-state index contributed by atoms with van der Waals surface area (Å²) in [6.45, 7) is 4.10. The molecule has 0 radical (unpaired) electrons. The highest BCUT2D eigenvalue weighted by molar-refractivity contribution is 6.05. The predicted octanol–water partition coefficient (Wildman–Crippen LogP) is 6.06. The van der Waals surface area contributed by atoms with E-state index < -0.39 is 0 Å². The Morgan fingerprint density at radius 2 is 1.77 bits per heavy atom. The van der Waals surface area contributed by atoms with Crippen molar-refractivity contribution in [3.63, 3.8) is 0 Å². The lowest BCUT2D eigenvalue weighted by atomic mass is 9.91. The number of imide groups is 1. The number of amides is 3. The molecule has 3 aromatic carbocycles. The van der Waals surface area contributed by atoms with Gasteiger partial charge < -0.3 is 9.88 Å². The van der Waals surface area contributed by atoms with Crippen LogP contribution < -0.4 is 16.2 Å². The largest absolute Gasteiger partial charge is 0.340 e. The molecule has 52 heavy (non-hydrogen) atoms. The van der Waals surface area contributed by atoms with E-state index in [1.54, 1.807) is 16.8 Å². The molecule has 1 atom stereocenters. The summed E-state index contributed by atoms with van der Waals surface area (Å²) in [4.78, 5) is 58.4. The van der Waals surface area contributed by atoms with E-state index in [1.807, 2.05) is 68.7 Å². The van der Waals surface area contributed by atoms with Crippen LogP contribution in [-0.2, 0) is 29.5 Å². The number of carbonyl (C=O) groups is 3. The summed E-state index contributed by atoms with van der Waals surface area (Å²) in [5.41, 5.74) is 8.40. The Morgan fingerprint density at radius 1 is 0.923 bits per heavy atom. The summed E-state index contributed by atoms with van der Waals surface area (Å²) < 4.78 is 1.73. The highest BCUT2D eigenvalue weighted by Gasteiger charge is 2.26. The zero-order chi connectivity index (χ0) is 36.4. The van der Waals surface area contributed by atoms with Gasteiger partial charge in [-0.2, -0.15) is 0 Å². The van der Waals surface area contributed by atoms with Gasteiger partial charge in [-0.05, 0) is 96.3 Å². The van der Waals surface area contributed by atoms with Gasteiger partial charge in [0.15, 0.2) is 0 Å². The fourth-order valence-electron chi connectivity index (χ4n) is 6.80. The zero-order valence-electron chi connectivity index (χ0n) is 29.2. The Kier molecular flexibility index (Phi) is 9.47. The quantitative estimate of drug-likeness (QED) is 0.155. The molecule has 9 nitrogen and oxygen atoms in total. The van der Waals surface area contributed by atoms with Crippen LogP contribution in [0, 0.1) is 24.7 Å². The van der Waals surface area contributed by atoms with Gasteiger partial charge in [0, 0.05) is 59.2 Å². The minimum Gasteiger partial charge on any atom is -0.340 e. The van der Waals surface area contributed by atoms with E-state index in [4.69, 9.17) is 4.98 Å². The summed E-state index contributed by atoms with van der Waals surface area (Å²) in [7, 11) is 1.83. The fourth-order valence-corrected chi connectivity index (χ4v) is 6.80.